The van der Waals surface area contributed by atoms with Gasteiger partial charge in [-0.15, -0.1) is 10.2 Å². The fourth-order valence-corrected chi connectivity index (χ4v) is 3.74. The van der Waals surface area contributed by atoms with Crippen LogP contribution in [0.2, 0.25) is 0 Å². The van der Waals surface area contributed by atoms with E-state index >= 15 is 0 Å². The first-order chi connectivity index (χ1) is 12.3. The lowest BCUT2D eigenvalue weighted by atomic mass is 10.2. The number of hydrogen-bond donors (Lipinski definition) is 1. The van der Waals surface area contributed by atoms with Crippen LogP contribution < -0.4 is 4.90 Å². The third-order valence-electron chi connectivity index (χ3n) is 4.24. The standard InChI is InChI=1S/C18H26N4O2S/c1-15-5-7-16(8-6-15)22-17(21-9-12-24-13-10-21)19-20-18(22)25-14-4-2-3-11-23/h5-8,23H,2-4,9-14H2,1H3. The van der Waals surface area contributed by atoms with Crippen LogP contribution in [-0.2, 0) is 4.74 Å². The lowest BCUT2D eigenvalue weighted by Crippen LogP contribution is -2.37. The molecule has 0 atom stereocenters. The number of nitrogens with zero attached hydrogens (tertiary/aromatic N) is 4. The number of morpholine rings is 1. The van der Waals surface area contributed by atoms with E-state index in [1.807, 2.05) is 0 Å². The molecule has 0 radical (unpaired) electrons. The van der Waals surface area contributed by atoms with Gasteiger partial charge in [0.2, 0.25) is 5.95 Å². The van der Waals surface area contributed by atoms with Crippen LogP contribution in [0, 0.1) is 6.92 Å². The molecule has 0 spiro atoms. The van der Waals surface area contributed by atoms with Gasteiger partial charge in [0.05, 0.1) is 18.9 Å². The van der Waals surface area contributed by atoms with Crippen LogP contribution in [0.4, 0.5) is 5.95 Å². The average Bonchev–Trinajstić information content (AvgIpc) is 3.07. The van der Waals surface area contributed by atoms with E-state index in [1.54, 1.807) is 11.8 Å². The fraction of sp³-hybridized carbons (Fsp3) is 0.556. The van der Waals surface area contributed by atoms with Crippen molar-refractivity contribution < 1.29 is 9.84 Å². The summed E-state index contributed by atoms with van der Waals surface area (Å²) in [5.41, 5.74) is 2.33. The summed E-state index contributed by atoms with van der Waals surface area (Å²) in [5, 5.41) is 18.7. The molecule has 1 aliphatic heterocycles. The van der Waals surface area contributed by atoms with Gasteiger partial charge in [0.15, 0.2) is 5.16 Å². The minimum absolute atomic E-state index is 0.269. The molecular formula is C18H26N4O2S. The Morgan fingerprint density at radius 1 is 1.08 bits per heavy atom. The zero-order valence-electron chi connectivity index (χ0n) is 14.7. The SMILES string of the molecule is Cc1ccc(-n2c(SCCCCCO)nnc2N2CCOCC2)cc1. The number of anilines is 1. The fourth-order valence-electron chi connectivity index (χ4n) is 2.80. The van der Waals surface area contributed by atoms with E-state index in [1.165, 1.54) is 5.56 Å². The van der Waals surface area contributed by atoms with Gasteiger partial charge in [-0.05, 0) is 31.9 Å². The molecule has 25 heavy (non-hydrogen) atoms. The molecule has 1 saturated heterocycles. The molecule has 1 fully saturated rings. The van der Waals surface area contributed by atoms with Gasteiger partial charge in [0.1, 0.15) is 0 Å². The van der Waals surface area contributed by atoms with Crippen LogP contribution >= 0.6 is 11.8 Å². The number of aliphatic hydroxyl groups excluding tert-OH is 1. The average molecular weight is 362 g/mol. The van der Waals surface area contributed by atoms with Crippen molar-refractivity contribution >= 4 is 17.7 Å². The van der Waals surface area contributed by atoms with E-state index < -0.39 is 0 Å². The Bertz CT molecular complexity index is 654. The highest BCUT2D eigenvalue weighted by molar-refractivity contribution is 7.99. The number of rotatable bonds is 8. The number of ether oxygens (including phenoxy) is 1. The summed E-state index contributed by atoms with van der Waals surface area (Å²) >= 11 is 1.73. The van der Waals surface area contributed by atoms with Crippen LogP contribution in [-0.4, -0.2) is 58.5 Å². The number of unbranched alkanes of at least 4 members (excludes halogenated alkanes) is 2. The van der Waals surface area contributed by atoms with Crippen molar-refractivity contribution in [3.8, 4) is 5.69 Å². The number of aryl methyl sites for hydroxylation is 1. The Morgan fingerprint density at radius 3 is 2.56 bits per heavy atom. The van der Waals surface area contributed by atoms with Crippen LogP contribution in [0.1, 0.15) is 24.8 Å². The third kappa shape index (κ3) is 4.74. The molecule has 1 aromatic heterocycles. The molecule has 0 saturated carbocycles. The first kappa shape index (κ1) is 18.2. The maximum absolute atomic E-state index is 8.90. The van der Waals surface area contributed by atoms with Crippen molar-refractivity contribution in [3.05, 3.63) is 29.8 Å². The summed E-state index contributed by atoms with van der Waals surface area (Å²) < 4.78 is 7.62. The van der Waals surface area contributed by atoms with Crippen LogP contribution in [0.25, 0.3) is 5.69 Å². The van der Waals surface area contributed by atoms with Gasteiger partial charge in [-0.3, -0.25) is 4.57 Å². The van der Waals surface area contributed by atoms with Gasteiger partial charge >= 0.3 is 0 Å². The normalized spacial score (nSPS) is 14.9. The second-order valence-corrected chi connectivity index (χ2v) is 7.25. The van der Waals surface area contributed by atoms with Crippen molar-refractivity contribution in [2.24, 2.45) is 0 Å². The van der Waals surface area contributed by atoms with Gasteiger partial charge in [-0.1, -0.05) is 35.9 Å². The van der Waals surface area contributed by atoms with E-state index in [-0.39, 0.29) is 6.61 Å². The summed E-state index contributed by atoms with van der Waals surface area (Å²) in [4.78, 5) is 2.24. The zero-order chi connectivity index (χ0) is 17.5. The van der Waals surface area contributed by atoms with E-state index in [4.69, 9.17) is 9.84 Å². The highest BCUT2D eigenvalue weighted by Gasteiger charge is 2.21. The molecule has 1 aliphatic rings. The molecule has 7 heteroatoms. The molecule has 2 aromatic rings. The smallest absolute Gasteiger partial charge is 0.232 e. The molecule has 0 aliphatic carbocycles. The number of aromatic nitrogens is 3. The number of hydrogen-bond acceptors (Lipinski definition) is 6. The lowest BCUT2D eigenvalue weighted by molar-refractivity contribution is 0.122. The maximum atomic E-state index is 8.90. The zero-order valence-corrected chi connectivity index (χ0v) is 15.5. The lowest BCUT2D eigenvalue weighted by Gasteiger charge is -2.28. The number of aliphatic hydroxyl groups is 1. The van der Waals surface area contributed by atoms with Crippen LogP contribution in [0.3, 0.4) is 0 Å². The highest BCUT2D eigenvalue weighted by Crippen LogP contribution is 2.28. The van der Waals surface area contributed by atoms with E-state index in [9.17, 15) is 0 Å². The molecule has 3 rings (SSSR count). The summed E-state index contributed by atoms with van der Waals surface area (Å²) in [6.45, 7) is 5.49. The number of thioether (sulfide) groups is 1. The highest BCUT2D eigenvalue weighted by atomic mass is 32.2. The largest absolute Gasteiger partial charge is 0.396 e. The maximum Gasteiger partial charge on any atom is 0.232 e. The van der Waals surface area contributed by atoms with Crippen molar-refractivity contribution in [1.82, 2.24) is 14.8 Å². The molecule has 1 aromatic carbocycles. The van der Waals surface area contributed by atoms with E-state index in [0.29, 0.717) is 0 Å². The predicted octanol–water partition coefficient (Wildman–Crippen LogP) is 2.67. The van der Waals surface area contributed by atoms with Gasteiger partial charge in [0, 0.05) is 25.4 Å². The summed E-state index contributed by atoms with van der Waals surface area (Å²) in [6, 6.07) is 8.49. The van der Waals surface area contributed by atoms with E-state index in [0.717, 1.165) is 68.1 Å². The number of benzene rings is 1. The second kappa shape index (κ2) is 9.22. The molecule has 136 valence electrons. The Kier molecular flexibility index (Phi) is 6.72. The summed E-state index contributed by atoms with van der Waals surface area (Å²) in [7, 11) is 0. The summed E-state index contributed by atoms with van der Waals surface area (Å²) in [5.74, 6) is 1.87. The molecule has 1 N–H and O–H groups in total. The van der Waals surface area contributed by atoms with Crippen LogP contribution in [0.5, 0.6) is 0 Å². The Morgan fingerprint density at radius 2 is 1.84 bits per heavy atom. The predicted molar refractivity (Wildman–Crippen MR) is 101 cm³/mol. The minimum Gasteiger partial charge on any atom is -0.396 e. The van der Waals surface area contributed by atoms with Crippen molar-refractivity contribution in [1.29, 1.82) is 0 Å². The molecule has 0 unspecified atom stereocenters. The topological polar surface area (TPSA) is 63.4 Å². The van der Waals surface area contributed by atoms with Crippen molar-refractivity contribution in [2.45, 2.75) is 31.3 Å². The first-order valence-electron chi connectivity index (χ1n) is 8.88. The van der Waals surface area contributed by atoms with E-state index in [2.05, 4.69) is 50.9 Å². The third-order valence-corrected chi connectivity index (χ3v) is 5.25. The van der Waals surface area contributed by atoms with Gasteiger partial charge in [0.25, 0.3) is 0 Å². The second-order valence-electron chi connectivity index (χ2n) is 6.19. The molecule has 2 heterocycles. The molecule has 0 bridgehead atoms. The molecule has 6 nitrogen and oxygen atoms in total. The van der Waals surface area contributed by atoms with Gasteiger partial charge in [-0.2, -0.15) is 0 Å². The van der Waals surface area contributed by atoms with Gasteiger partial charge < -0.3 is 14.7 Å². The van der Waals surface area contributed by atoms with Crippen molar-refractivity contribution in [2.75, 3.05) is 43.6 Å². The van der Waals surface area contributed by atoms with Crippen molar-refractivity contribution in [3.63, 3.8) is 0 Å². The van der Waals surface area contributed by atoms with Crippen LogP contribution in [0.15, 0.2) is 29.4 Å². The summed E-state index contributed by atoms with van der Waals surface area (Å²) in [6.07, 6.45) is 2.97. The Labute approximate surface area is 153 Å². The minimum atomic E-state index is 0.269. The molecule has 0 amide bonds. The quantitative estimate of drug-likeness (QED) is 0.575. The van der Waals surface area contributed by atoms with Gasteiger partial charge in [-0.25, -0.2) is 0 Å². The molecular weight excluding hydrogens is 336 g/mol. The Hall–Kier alpha value is -1.57. The monoisotopic (exact) mass is 362 g/mol. The first-order valence-corrected chi connectivity index (χ1v) is 9.87. The Balaban J connectivity index is 1.81.